The van der Waals surface area contributed by atoms with E-state index in [1.807, 2.05) is 30.4 Å². The van der Waals surface area contributed by atoms with Crippen molar-refractivity contribution in [3.05, 3.63) is 70.3 Å². The van der Waals surface area contributed by atoms with Crippen LogP contribution in [0.2, 0.25) is 5.02 Å². The van der Waals surface area contributed by atoms with Crippen molar-refractivity contribution in [3.8, 4) is 5.75 Å². The topological polar surface area (TPSA) is 95.9 Å². The van der Waals surface area contributed by atoms with E-state index in [0.29, 0.717) is 41.7 Å². The van der Waals surface area contributed by atoms with Crippen LogP contribution in [0.1, 0.15) is 72.9 Å². The van der Waals surface area contributed by atoms with Gasteiger partial charge in [-0.15, -0.1) is 0 Å². The molecule has 0 unspecified atom stereocenters. The number of halogens is 1. The number of nitrogens with one attached hydrogen (secondary N) is 1. The van der Waals surface area contributed by atoms with Crippen LogP contribution in [-0.4, -0.2) is 43.9 Å². The molecule has 2 aliphatic carbocycles. The van der Waals surface area contributed by atoms with Gasteiger partial charge >= 0.3 is 0 Å². The molecule has 2 heterocycles. The Labute approximate surface area is 248 Å². The number of aryl methyl sites for hydroxylation is 1. The third-order valence-corrected chi connectivity index (χ3v) is 11.5. The van der Waals surface area contributed by atoms with Gasteiger partial charge in [0.25, 0.3) is 5.91 Å². The molecular formula is C32H39ClN2O5S. The Morgan fingerprint density at radius 2 is 1.80 bits per heavy atom. The molecule has 0 aromatic heterocycles. The number of benzene rings is 2. The highest BCUT2D eigenvalue weighted by Crippen LogP contribution is 2.42. The molecule has 6 rings (SSSR count). The number of carbonyl (C=O) groups excluding carboxylic acids is 1. The predicted octanol–water partition coefficient (Wildman–Crippen LogP) is 5.64. The SMILES string of the molecule is O=C1NS(=O)(=O)[C@H](C2CC2)CC/C=C/[C@H](O)[C@@H]2CC[C@H]2CN2CCCCc3cc(Cl)ccc3COc3ccc1cc32. The molecule has 2 fully saturated rings. The van der Waals surface area contributed by atoms with Crippen molar-refractivity contribution in [2.24, 2.45) is 17.8 Å². The molecule has 2 aromatic rings. The van der Waals surface area contributed by atoms with Crippen LogP contribution in [0.25, 0.3) is 0 Å². The Morgan fingerprint density at radius 3 is 2.59 bits per heavy atom. The molecule has 9 heteroatoms. The molecule has 2 aromatic carbocycles. The molecule has 0 radical (unpaired) electrons. The molecule has 1 amide bonds. The second kappa shape index (κ2) is 12.0. The van der Waals surface area contributed by atoms with Crippen molar-refractivity contribution in [3.63, 3.8) is 0 Å². The second-order valence-electron chi connectivity index (χ2n) is 12.1. The first kappa shape index (κ1) is 28.6. The van der Waals surface area contributed by atoms with Crippen molar-refractivity contribution >= 4 is 33.2 Å². The number of amides is 1. The van der Waals surface area contributed by atoms with E-state index < -0.39 is 27.3 Å². The van der Waals surface area contributed by atoms with E-state index in [4.69, 9.17) is 16.3 Å². The molecule has 2 N–H and O–H groups in total. The summed E-state index contributed by atoms with van der Waals surface area (Å²) in [5, 5.41) is 11.1. The first-order valence-electron chi connectivity index (χ1n) is 15.0. The van der Waals surface area contributed by atoms with Gasteiger partial charge in [-0.3, -0.25) is 4.79 Å². The van der Waals surface area contributed by atoms with E-state index in [2.05, 4.69) is 9.62 Å². The molecular weight excluding hydrogens is 560 g/mol. The lowest BCUT2D eigenvalue weighted by molar-refractivity contribution is 0.0461. The van der Waals surface area contributed by atoms with Gasteiger partial charge in [-0.1, -0.05) is 29.8 Å². The van der Waals surface area contributed by atoms with E-state index in [-0.39, 0.29) is 11.8 Å². The van der Waals surface area contributed by atoms with Crippen molar-refractivity contribution in [1.82, 2.24) is 4.72 Å². The number of rotatable bonds is 1. The van der Waals surface area contributed by atoms with E-state index in [0.717, 1.165) is 69.3 Å². The minimum atomic E-state index is -3.86. The van der Waals surface area contributed by atoms with Crippen LogP contribution in [0, 0.1) is 17.8 Å². The van der Waals surface area contributed by atoms with Gasteiger partial charge < -0.3 is 14.7 Å². The second-order valence-corrected chi connectivity index (χ2v) is 14.5. The zero-order valence-corrected chi connectivity index (χ0v) is 24.9. The van der Waals surface area contributed by atoms with Crippen molar-refractivity contribution in [1.29, 1.82) is 0 Å². The summed E-state index contributed by atoms with van der Waals surface area (Å²) in [6.45, 7) is 1.86. The average Bonchev–Trinajstić information content (AvgIpc) is 3.75. The summed E-state index contributed by atoms with van der Waals surface area (Å²) in [5.41, 5.74) is 3.35. The highest BCUT2D eigenvalue weighted by atomic mass is 35.5. The normalized spacial score (nSPS) is 29.4. The lowest BCUT2D eigenvalue weighted by Gasteiger charge is -2.42. The maximum Gasteiger partial charge on any atom is 0.264 e. The van der Waals surface area contributed by atoms with E-state index in [1.165, 1.54) is 5.56 Å². The predicted molar refractivity (Wildman–Crippen MR) is 161 cm³/mol. The summed E-state index contributed by atoms with van der Waals surface area (Å²) < 4.78 is 35.5. The molecule has 41 heavy (non-hydrogen) atoms. The fourth-order valence-electron chi connectivity index (χ4n) is 6.65. The molecule has 220 valence electrons. The lowest BCUT2D eigenvalue weighted by atomic mass is 9.70. The molecule has 0 saturated heterocycles. The average molecular weight is 599 g/mol. The third-order valence-electron chi connectivity index (χ3n) is 9.34. The van der Waals surface area contributed by atoms with Crippen molar-refractivity contribution in [2.75, 3.05) is 18.0 Å². The first-order chi connectivity index (χ1) is 19.8. The van der Waals surface area contributed by atoms with Crippen LogP contribution >= 0.6 is 11.6 Å². The fraction of sp³-hybridized carbons (Fsp3) is 0.531. The first-order valence-corrected chi connectivity index (χ1v) is 16.9. The summed E-state index contributed by atoms with van der Waals surface area (Å²) in [6, 6.07) is 11.1. The minimum Gasteiger partial charge on any atom is -0.487 e. The van der Waals surface area contributed by atoms with Gasteiger partial charge in [0.1, 0.15) is 12.4 Å². The van der Waals surface area contributed by atoms with Gasteiger partial charge in [0.15, 0.2) is 0 Å². The number of carbonyl (C=O) groups is 1. The number of ether oxygens (including phenoxy) is 1. The largest absolute Gasteiger partial charge is 0.487 e. The van der Waals surface area contributed by atoms with Crippen LogP contribution in [0.15, 0.2) is 48.6 Å². The zero-order valence-electron chi connectivity index (χ0n) is 23.3. The molecule has 2 aliphatic heterocycles. The number of fused-ring (bicyclic) bond motifs is 3. The maximum absolute atomic E-state index is 13.4. The van der Waals surface area contributed by atoms with Crippen molar-refractivity contribution in [2.45, 2.75) is 75.7 Å². The van der Waals surface area contributed by atoms with Gasteiger partial charge in [-0.05, 0) is 117 Å². The highest BCUT2D eigenvalue weighted by molar-refractivity contribution is 7.90. The molecule has 0 spiro atoms. The van der Waals surface area contributed by atoms with Crippen LogP contribution in [0.3, 0.4) is 0 Å². The molecule has 4 aliphatic rings. The zero-order chi connectivity index (χ0) is 28.6. The Kier molecular flexibility index (Phi) is 8.35. The van der Waals surface area contributed by atoms with Gasteiger partial charge in [-0.25, -0.2) is 13.1 Å². The maximum atomic E-state index is 13.4. The number of hydrogen-bond acceptors (Lipinski definition) is 6. The van der Waals surface area contributed by atoms with Gasteiger partial charge in [0, 0.05) is 23.7 Å². The van der Waals surface area contributed by atoms with E-state index in [9.17, 15) is 18.3 Å². The van der Waals surface area contributed by atoms with Crippen molar-refractivity contribution < 1.29 is 23.1 Å². The number of allylic oxidation sites excluding steroid dienone is 1. The van der Waals surface area contributed by atoms with E-state index in [1.54, 1.807) is 18.2 Å². The third kappa shape index (κ3) is 6.45. The number of anilines is 1. The fourth-order valence-corrected chi connectivity index (χ4v) is 8.60. The summed E-state index contributed by atoms with van der Waals surface area (Å²) >= 11 is 6.30. The molecule has 7 nitrogen and oxygen atoms in total. The number of sulfonamides is 1. The van der Waals surface area contributed by atoms with Crippen LogP contribution in [0.4, 0.5) is 5.69 Å². The summed E-state index contributed by atoms with van der Waals surface area (Å²) in [6.07, 6.45) is 10.7. The smallest absolute Gasteiger partial charge is 0.264 e. The number of hydrogen-bond donors (Lipinski definition) is 2. The Balaban J connectivity index is 1.37. The number of nitrogens with zero attached hydrogens (tertiary/aromatic N) is 1. The van der Waals surface area contributed by atoms with Crippen LogP contribution in [0.5, 0.6) is 5.75 Å². The molecule has 2 saturated carbocycles. The van der Waals surface area contributed by atoms with Gasteiger partial charge in [-0.2, -0.15) is 0 Å². The highest BCUT2D eigenvalue weighted by Gasteiger charge is 2.41. The quantitative estimate of drug-likeness (QED) is 0.413. The van der Waals surface area contributed by atoms with E-state index >= 15 is 0 Å². The Bertz CT molecular complexity index is 1420. The number of aliphatic hydroxyl groups is 1. The number of aliphatic hydroxyl groups excluding tert-OH is 1. The minimum absolute atomic E-state index is 0.0718. The summed E-state index contributed by atoms with van der Waals surface area (Å²) in [7, 11) is -3.86. The van der Waals surface area contributed by atoms with Crippen LogP contribution < -0.4 is 14.4 Å². The van der Waals surface area contributed by atoms with Crippen LogP contribution in [-0.2, 0) is 23.1 Å². The van der Waals surface area contributed by atoms with Gasteiger partial charge in [0.2, 0.25) is 10.0 Å². The monoisotopic (exact) mass is 598 g/mol. The molecule has 2 bridgehead atoms. The summed E-state index contributed by atoms with van der Waals surface area (Å²) in [5.74, 6) is 0.589. The standard InChI is InChI=1S/C32H39ClN2O5S/c33-26-13-10-25-20-40-30-15-12-23-18-28(30)35(16-4-3-5-22(25)17-26)19-24-11-14-27(24)29(36)6-1-2-7-31(21-8-9-21)41(38,39)34-32(23)37/h1,6,10,12-13,15,17-18,21,24,27,29,31,36H,2-5,7-9,11,14,16,19-20H2,(H,34,37)/b6-1+/t24-,27+,29-,31-/m0/s1. The Hall–Kier alpha value is -2.55. The Morgan fingerprint density at radius 1 is 0.976 bits per heavy atom. The lowest BCUT2D eigenvalue weighted by Crippen LogP contribution is -2.43. The van der Waals surface area contributed by atoms with Gasteiger partial charge in [0.05, 0.1) is 17.0 Å². The summed E-state index contributed by atoms with van der Waals surface area (Å²) in [4.78, 5) is 15.7. The molecule has 4 atom stereocenters.